The minimum atomic E-state index is -1.24. The molecule has 1 atom stereocenters. The van der Waals surface area contributed by atoms with Gasteiger partial charge in [-0.15, -0.1) is 0 Å². The van der Waals surface area contributed by atoms with Gasteiger partial charge in [0.1, 0.15) is 17.7 Å². The van der Waals surface area contributed by atoms with Crippen molar-refractivity contribution in [1.29, 1.82) is 0 Å². The third-order valence-corrected chi connectivity index (χ3v) is 3.15. The Labute approximate surface area is 116 Å². The highest BCUT2D eigenvalue weighted by atomic mass is 79.9. The Balaban J connectivity index is 2.44. The molecule has 1 nitrogen and oxygen atoms in total. The maximum Gasteiger partial charge on any atom is 0.130 e. The summed E-state index contributed by atoms with van der Waals surface area (Å²) < 4.78 is 27.3. The van der Waals surface area contributed by atoms with E-state index >= 15 is 0 Å². The van der Waals surface area contributed by atoms with Crippen LogP contribution in [-0.2, 0) is 0 Å². The highest BCUT2D eigenvalue weighted by molar-refractivity contribution is 9.10. The van der Waals surface area contributed by atoms with Gasteiger partial charge in [-0.25, -0.2) is 8.78 Å². The molecule has 0 bridgehead atoms. The smallest absolute Gasteiger partial charge is 0.130 e. The summed E-state index contributed by atoms with van der Waals surface area (Å²) in [7, 11) is 0. The van der Waals surface area contributed by atoms with E-state index < -0.39 is 17.7 Å². The van der Waals surface area contributed by atoms with Crippen LogP contribution < -0.4 is 0 Å². The quantitative estimate of drug-likeness (QED) is 0.860. The second-order valence-electron chi connectivity index (χ2n) is 3.77. The molecule has 1 unspecified atom stereocenters. The zero-order valence-corrected chi connectivity index (χ0v) is 11.3. The molecule has 1 N–H and O–H groups in total. The van der Waals surface area contributed by atoms with Gasteiger partial charge in [-0.3, -0.25) is 0 Å². The minimum Gasteiger partial charge on any atom is -0.384 e. The lowest BCUT2D eigenvalue weighted by Crippen LogP contribution is -2.03. The highest BCUT2D eigenvalue weighted by Crippen LogP contribution is 2.28. The summed E-state index contributed by atoms with van der Waals surface area (Å²) in [5.41, 5.74) is 0.319. The fourth-order valence-electron chi connectivity index (χ4n) is 1.64. The number of halogens is 4. The summed E-state index contributed by atoms with van der Waals surface area (Å²) in [5, 5.41) is 10.3. The first-order valence-corrected chi connectivity index (χ1v) is 6.23. The number of hydrogen-bond donors (Lipinski definition) is 1. The third kappa shape index (κ3) is 2.88. The van der Waals surface area contributed by atoms with Gasteiger partial charge >= 0.3 is 0 Å². The number of rotatable bonds is 2. The topological polar surface area (TPSA) is 20.2 Å². The SMILES string of the molecule is OC(c1cc(F)cc(Br)c1)c1ccc(Cl)cc1F. The molecule has 0 amide bonds. The Hall–Kier alpha value is -0.970. The first kappa shape index (κ1) is 13.5. The molecule has 0 fully saturated rings. The maximum atomic E-state index is 13.6. The average molecular weight is 334 g/mol. The molecule has 5 heteroatoms. The van der Waals surface area contributed by atoms with E-state index in [-0.39, 0.29) is 16.1 Å². The van der Waals surface area contributed by atoms with Crippen molar-refractivity contribution in [3.05, 3.63) is 68.7 Å². The van der Waals surface area contributed by atoms with Crippen LogP contribution in [0.25, 0.3) is 0 Å². The van der Waals surface area contributed by atoms with Crippen LogP contribution in [-0.4, -0.2) is 5.11 Å². The molecular formula is C13H8BrClF2O. The fraction of sp³-hybridized carbons (Fsp3) is 0.0769. The summed E-state index contributed by atoms with van der Waals surface area (Å²) in [6, 6.07) is 7.90. The van der Waals surface area contributed by atoms with Crippen LogP contribution in [0, 0.1) is 11.6 Å². The predicted octanol–water partition coefficient (Wildman–Crippen LogP) is 4.46. The van der Waals surface area contributed by atoms with Crippen molar-refractivity contribution in [1.82, 2.24) is 0 Å². The van der Waals surface area contributed by atoms with Crippen LogP contribution in [0.4, 0.5) is 8.78 Å². The Morgan fingerprint density at radius 3 is 2.44 bits per heavy atom. The van der Waals surface area contributed by atoms with E-state index in [9.17, 15) is 13.9 Å². The molecule has 2 aromatic rings. The van der Waals surface area contributed by atoms with Gasteiger partial charge in [-0.05, 0) is 35.9 Å². The number of benzene rings is 2. The fourth-order valence-corrected chi connectivity index (χ4v) is 2.28. The van der Waals surface area contributed by atoms with Gasteiger partial charge in [0.05, 0.1) is 0 Å². The molecule has 0 radical (unpaired) electrons. The van der Waals surface area contributed by atoms with Gasteiger partial charge in [0.2, 0.25) is 0 Å². The molecule has 2 aromatic carbocycles. The molecule has 0 aliphatic carbocycles. The van der Waals surface area contributed by atoms with E-state index in [1.165, 1.54) is 24.3 Å². The molecular weight excluding hydrogens is 325 g/mol. The zero-order chi connectivity index (χ0) is 13.3. The average Bonchev–Trinajstić information content (AvgIpc) is 2.26. The van der Waals surface area contributed by atoms with E-state index in [2.05, 4.69) is 15.9 Å². The van der Waals surface area contributed by atoms with Crippen LogP contribution >= 0.6 is 27.5 Å². The van der Waals surface area contributed by atoms with Crippen molar-refractivity contribution < 1.29 is 13.9 Å². The van der Waals surface area contributed by atoms with E-state index in [4.69, 9.17) is 11.6 Å². The Morgan fingerprint density at radius 2 is 1.83 bits per heavy atom. The summed E-state index contributed by atoms with van der Waals surface area (Å²) in [5.74, 6) is -1.14. The summed E-state index contributed by atoms with van der Waals surface area (Å²) in [6.07, 6.45) is -1.24. The molecule has 0 spiro atoms. The summed E-state index contributed by atoms with van der Waals surface area (Å²) >= 11 is 8.75. The van der Waals surface area contributed by atoms with Crippen molar-refractivity contribution in [2.24, 2.45) is 0 Å². The van der Waals surface area contributed by atoms with E-state index in [1.54, 1.807) is 0 Å². The van der Waals surface area contributed by atoms with Crippen LogP contribution in [0.2, 0.25) is 5.02 Å². The van der Waals surface area contributed by atoms with Gasteiger partial charge in [0.15, 0.2) is 0 Å². The number of hydrogen-bond acceptors (Lipinski definition) is 1. The summed E-state index contributed by atoms with van der Waals surface area (Å²) in [4.78, 5) is 0. The molecule has 18 heavy (non-hydrogen) atoms. The van der Waals surface area contributed by atoms with Gasteiger partial charge < -0.3 is 5.11 Å². The zero-order valence-electron chi connectivity index (χ0n) is 9.00. The molecule has 0 aliphatic heterocycles. The second-order valence-corrected chi connectivity index (χ2v) is 5.12. The third-order valence-electron chi connectivity index (χ3n) is 2.46. The van der Waals surface area contributed by atoms with Gasteiger partial charge in [0, 0.05) is 15.1 Å². The standard InChI is InChI=1S/C13H8BrClF2O/c14-8-3-7(4-10(16)5-8)13(18)11-2-1-9(15)6-12(11)17/h1-6,13,18H. The normalized spacial score (nSPS) is 12.5. The minimum absolute atomic E-state index is 0.0527. The van der Waals surface area contributed by atoms with Crippen molar-refractivity contribution in [3.8, 4) is 0 Å². The van der Waals surface area contributed by atoms with E-state index in [0.717, 1.165) is 12.1 Å². The Bertz CT molecular complexity index is 569. The van der Waals surface area contributed by atoms with Gasteiger partial charge in [-0.1, -0.05) is 33.6 Å². The van der Waals surface area contributed by atoms with E-state index in [0.29, 0.717) is 4.47 Å². The van der Waals surface area contributed by atoms with Crippen LogP contribution in [0.15, 0.2) is 40.9 Å². The Kier molecular flexibility index (Phi) is 4.00. The highest BCUT2D eigenvalue weighted by Gasteiger charge is 2.16. The molecule has 94 valence electrons. The van der Waals surface area contributed by atoms with Crippen LogP contribution in [0.1, 0.15) is 17.2 Å². The number of aliphatic hydroxyl groups is 1. The molecule has 0 saturated carbocycles. The Morgan fingerprint density at radius 1 is 1.11 bits per heavy atom. The lowest BCUT2D eigenvalue weighted by molar-refractivity contribution is 0.214. The monoisotopic (exact) mass is 332 g/mol. The molecule has 2 rings (SSSR count). The van der Waals surface area contributed by atoms with Crippen molar-refractivity contribution in [2.75, 3.05) is 0 Å². The predicted molar refractivity (Wildman–Crippen MR) is 69.6 cm³/mol. The van der Waals surface area contributed by atoms with Crippen molar-refractivity contribution >= 4 is 27.5 Å². The molecule has 0 heterocycles. The van der Waals surface area contributed by atoms with Crippen LogP contribution in [0.5, 0.6) is 0 Å². The van der Waals surface area contributed by atoms with Gasteiger partial charge in [0.25, 0.3) is 0 Å². The maximum absolute atomic E-state index is 13.6. The molecule has 0 aliphatic rings. The second kappa shape index (κ2) is 5.34. The van der Waals surface area contributed by atoms with Crippen molar-refractivity contribution in [2.45, 2.75) is 6.10 Å². The lowest BCUT2D eigenvalue weighted by atomic mass is 10.0. The lowest BCUT2D eigenvalue weighted by Gasteiger charge is -2.13. The van der Waals surface area contributed by atoms with E-state index in [1.807, 2.05) is 0 Å². The largest absolute Gasteiger partial charge is 0.384 e. The van der Waals surface area contributed by atoms with Crippen molar-refractivity contribution in [3.63, 3.8) is 0 Å². The van der Waals surface area contributed by atoms with Gasteiger partial charge in [-0.2, -0.15) is 0 Å². The first-order chi connectivity index (χ1) is 8.47. The molecule has 0 saturated heterocycles. The molecule has 0 aromatic heterocycles. The first-order valence-electron chi connectivity index (χ1n) is 5.06. The van der Waals surface area contributed by atoms with Crippen LogP contribution in [0.3, 0.4) is 0 Å². The summed E-state index contributed by atoms with van der Waals surface area (Å²) in [6.45, 7) is 0. The number of aliphatic hydroxyl groups excluding tert-OH is 1.